The number of pyridine rings is 1. The lowest BCUT2D eigenvalue weighted by Crippen LogP contribution is -2.48. The Hall–Kier alpha value is -4.93. The lowest BCUT2D eigenvalue weighted by atomic mass is 10.00. The van der Waals surface area contributed by atoms with Gasteiger partial charge >= 0.3 is 12.1 Å². The fourth-order valence-electron chi connectivity index (χ4n) is 5.85. The van der Waals surface area contributed by atoms with Gasteiger partial charge in [-0.2, -0.15) is 0 Å². The lowest BCUT2D eigenvalue weighted by Gasteiger charge is -2.36. The third kappa shape index (κ3) is 9.58. The van der Waals surface area contributed by atoms with Gasteiger partial charge in [0, 0.05) is 18.3 Å². The molecule has 2 aromatic carbocycles. The second-order valence-electron chi connectivity index (χ2n) is 13.3. The second kappa shape index (κ2) is 16.5. The molecule has 4 rings (SSSR count). The number of nitrogens with zero attached hydrogens (tertiary/aromatic N) is 3. The summed E-state index contributed by atoms with van der Waals surface area (Å²) in [4.78, 5) is 61.2. The normalized spacial score (nSPS) is 15.4. The first-order valence-electron chi connectivity index (χ1n) is 16.9. The smallest absolute Gasteiger partial charge is 0.413 e. The number of unbranched alkanes of at least 4 members (excludes halogenated alkanes) is 1. The van der Waals surface area contributed by atoms with E-state index in [1.54, 1.807) is 62.7 Å². The van der Waals surface area contributed by atoms with Gasteiger partial charge < -0.3 is 24.0 Å². The van der Waals surface area contributed by atoms with Crippen LogP contribution in [0.15, 0.2) is 66.9 Å². The van der Waals surface area contributed by atoms with Crippen LogP contribution >= 0.6 is 0 Å². The van der Waals surface area contributed by atoms with E-state index in [1.165, 1.54) is 0 Å². The summed E-state index contributed by atoms with van der Waals surface area (Å²) in [5.74, 6) is -0.260. The van der Waals surface area contributed by atoms with Crippen molar-refractivity contribution < 1.29 is 33.4 Å². The molecule has 3 aromatic rings. The van der Waals surface area contributed by atoms with Crippen LogP contribution < -0.4 is 15.0 Å². The highest BCUT2D eigenvalue weighted by atomic mass is 16.6. The molecule has 0 spiro atoms. The molecule has 2 unspecified atom stereocenters. The van der Waals surface area contributed by atoms with Crippen molar-refractivity contribution in [2.24, 2.45) is 0 Å². The van der Waals surface area contributed by atoms with Crippen LogP contribution in [0.2, 0.25) is 0 Å². The third-order valence-electron chi connectivity index (χ3n) is 7.92. The van der Waals surface area contributed by atoms with Crippen molar-refractivity contribution in [3.63, 3.8) is 0 Å². The first kappa shape index (κ1) is 36.9. The van der Waals surface area contributed by atoms with Gasteiger partial charge in [0.1, 0.15) is 11.6 Å². The van der Waals surface area contributed by atoms with Gasteiger partial charge in [-0.1, -0.05) is 36.4 Å². The van der Waals surface area contributed by atoms with Crippen molar-refractivity contribution in [2.45, 2.75) is 97.9 Å². The molecule has 262 valence electrons. The van der Waals surface area contributed by atoms with Crippen LogP contribution in [0.1, 0.15) is 95.3 Å². The summed E-state index contributed by atoms with van der Waals surface area (Å²) in [6, 6.07) is 16.6. The van der Waals surface area contributed by atoms with E-state index in [9.17, 15) is 19.2 Å². The zero-order valence-electron chi connectivity index (χ0n) is 29.5. The summed E-state index contributed by atoms with van der Waals surface area (Å²) in [7, 11) is 0. The van der Waals surface area contributed by atoms with E-state index in [4.69, 9.17) is 14.2 Å². The Bertz CT molecular complexity index is 1620. The minimum absolute atomic E-state index is 0.0428. The molecule has 49 heavy (non-hydrogen) atoms. The molecular formula is C38H48N4O7. The minimum Gasteiger partial charge on any atom is -0.490 e. The SMILES string of the molecule is CCOC(=O)CC(C)N1C(=O)c2cc(CCCCOc3cccnc3NC(=O)OC(C)(C)C)ccc2N(C(C)C)C(=O)C1c1ccccc1. The van der Waals surface area contributed by atoms with Crippen LogP contribution in [-0.4, -0.2) is 64.7 Å². The summed E-state index contributed by atoms with van der Waals surface area (Å²) < 4.78 is 16.5. The number of carbonyl (C=O) groups excluding carboxylic acids is 4. The van der Waals surface area contributed by atoms with Gasteiger partial charge in [0.15, 0.2) is 11.6 Å². The molecule has 1 aliphatic rings. The van der Waals surface area contributed by atoms with Gasteiger partial charge in [-0.3, -0.25) is 19.7 Å². The topological polar surface area (TPSA) is 127 Å². The van der Waals surface area contributed by atoms with Gasteiger partial charge in [-0.15, -0.1) is 0 Å². The third-order valence-corrected chi connectivity index (χ3v) is 7.92. The van der Waals surface area contributed by atoms with Crippen LogP contribution in [-0.2, 0) is 25.5 Å². The lowest BCUT2D eigenvalue weighted by molar-refractivity contribution is -0.144. The number of aryl methyl sites for hydroxylation is 1. The highest BCUT2D eigenvalue weighted by Gasteiger charge is 2.43. The zero-order chi connectivity index (χ0) is 35.7. The van der Waals surface area contributed by atoms with Crippen LogP contribution in [0.4, 0.5) is 16.3 Å². The fraction of sp³-hybridized carbons (Fsp3) is 0.447. The number of benzene rings is 2. The Morgan fingerprint density at radius 3 is 2.39 bits per heavy atom. The van der Waals surface area contributed by atoms with Gasteiger partial charge in [0.05, 0.1) is 30.9 Å². The number of carbonyl (C=O) groups is 4. The number of ether oxygens (including phenoxy) is 3. The molecule has 0 fully saturated rings. The fourth-order valence-corrected chi connectivity index (χ4v) is 5.85. The molecule has 2 heterocycles. The average Bonchev–Trinajstić information content (AvgIpc) is 3.12. The number of aromatic nitrogens is 1. The molecule has 0 aliphatic carbocycles. The summed E-state index contributed by atoms with van der Waals surface area (Å²) in [6.45, 7) is 13.3. The van der Waals surface area contributed by atoms with Crippen molar-refractivity contribution in [1.82, 2.24) is 9.88 Å². The largest absolute Gasteiger partial charge is 0.490 e. The Morgan fingerprint density at radius 1 is 0.980 bits per heavy atom. The number of fused-ring (bicyclic) bond motifs is 1. The average molecular weight is 673 g/mol. The summed E-state index contributed by atoms with van der Waals surface area (Å²) in [5.41, 5.74) is 1.93. The standard InChI is InChI=1S/C38H48N4O7/c1-8-47-32(43)23-26(4)42-33(28-16-10-9-11-17-28)36(45)41(25(2)3)30-20-19-27(24-29(30)35(42)44)15-12-13-22-48-31-18-14-21-39-34(31)40-37(46)49-38(5,6)7/h9-11,14,16-21,24-26,33H,8,12-13,15,22-23H2,1-7H3,(H,39,40,46). The number of amides is 3. The van der Waals surface area contributed by atoms with E-state index in [0.29, 0.717) is 42.0 Å². The van der Waals surface area contributed by atoms with Crippen molar-refractivity contribution >= 4 is 35.4 Å². The number of esters is 1. The Labute approximate surface area is 288 Å². The van der Waals surface area contributed by atoms with E-state index in [2.05, 4.69) is 10.3 Å². The first-order chi connectivity index (χ1) is 23.3. The summed E-state index contributed by atoms with van der Waals surface area (Å²) in [5, 5.41) is 2.64. The number of hydrogen-bond donors (Lipinski definition) is 1. The molecule has 0 saturated carbocycles. The van der Waals surface area contributed by atoms with Gasteiger partial charge in [-0.05, 0) is 103 Å². The minimum atomic E-state index is -0.921. The molecular weight excluding hydrogens is 624 g/mol. The summed E-state index contributed by atoms with van der Waals surface area (Å²) >= 11 is 0. The number of anilines is 2. The monoisotopic (exact) mass is 672 g/mol. The maximum Gasteiger partial charge on any atom is 0.413 e. The maximum atomic E-state index is 14.5. The van der Waals surface area contributed by atoms with E-state index in [0.717, 1.165) is 12.0 Å². The maximum absolute atomic E-state index is 14.5. The van der Waals surface area contributed by atoms with E-state index >= 15 is 0 Å². The molecule has 1 N–H and O–H groups in total. The molecule has 1 aliphatic heterocycles. The van der Waals surface area contributed by atoms with E-state index in [1.807, 2.05) is 62.4 Å². The predicted molar refractivity (Wildman–Crippen MR) is 188 cm³/mol. The van der Waals surface area contributed by atoms with Crippen molar-refractivity contribution in [1.29, 1.82) is 0 Å². The van der Waals surface area contributed by atoms with E-state index < -0.39 is 29.7 Å². The van der Waals surface area contributed by atoms with Crippen LogP contribution in [0.5, 0.6) is 5.75 Å². The quantitative estimate of drug-likeness (QED) is 0.150. The Kier molecular flexibility index (Phi) is 12.4. The van der Waals surface area contributed by atoms with Crippen LogP contribution in [0, 0.1) is 0 Å². The Morgan fingerprint density at radius 2 is 1.71 bits per heavy atom. The summed E-state index contributed by atoms with van der Waals surface area (Å²) in [6.07, 6.45) is 3.02. The number of rotatable bonds is 13. The molecule has 11 heteroatoms. The van der Waals surface area contributed by atoms with Crippen LogP contribution in [0.3, 0.4) is 0 Å². The molecule has 2 atom stereocenters. The van der Waals surface area contributed by atoms with Gasteiger partial charge in [-0.25, -0.2) is 9.78 Å². The molecule has 1 aromatic heterocycles. The van der Waals surface area contributed by atoms with Crippen LogP contribution in [0.25, 0.3) is 0 Å². The Balaban J connectivity index is 1.53. The zero-order valence-corrected chi connectivity index (χ0v) is 29.5. The molecule has 0 radical (unpaired) electrons. The second-order valence-corrected chi connectivity index (χ2v) is 13.3. The van der Waals surface area contributed by atoms with E-state index in [-0.39, 0.29) is 36.7 Å². The molecule has 11 nitrogen and oxygen atoms in total. The predicted octanol–water partition coefficient (Wildman–Crippen LogP) is 7.11. The molecule has 3 amide bonds. The number of nitrogens with one attached hydrogen (secondary N) is 1. The number of hydrogen-bond acceptors (Lipinski definition) is 8. The van der Waals surface area contributed by atoms with Crippen molar-refractivity contribution in [3.8, 4) is 5.75 Å². The van der Waals surface area contributed by atoms with Gasteiger partial charge in [0.25, 0.3) is 11.8 Å². The van der Waals surface area contributed by atoms with Crippen molar-refractivity contribution in [2.75, 3.05) is 23.4 Å². The molecule has 0 saturated heterocycles. The highest BCUT2D eigenvalue weighted by molar-refractivity contribution is 6.11. The highest BCUT2D eigenvalue weighted by Crippen LogP contribution is 2.38. The molecule has 0 bridgehead atoms. The first-order valence-corrected chi connectivity index (χ1v) is 16.9. The van der Waals surface area contributed by atoms with Gasteiger partial charge in [0.2, 0.25) is 0 Å². The van der Waals surface area contributed by atoms with Crippen molar-refractivity contribution in [3.05, 3.63) is 83.6 Å².